The summed E-state index contributed by atoms with van der Waals surface area (Å²) in [6.45, 7) is 1.32. The highest BCUT2D eigenvalue weighted by Crippen LogP contribution is 2.36. The third kappa shape index (κ3) is 6.89. The molecule has 1 heterocycles. The van der Waals surface area contributed by atoms with Crippen LogP contribution in [0.4, 0.5) is 5.13 Å². The van der Waals surface area contributed by atoms with Crippen LogP contribution in [0.15, 0.2) is 78.2 Å². The van der Waals surface area contributed by atoms with Crippen molar-refractivity contribution in [2.75, 3.05) is 25.7 Å². The van der Waals surface area contributed by atoms with Crippen LogP contribution in [-0.2, 0) is 17.9 Å². The maximum atomic E-state index is 12.3. The number of hydrogen-bond donors (Lipinski definition) is 2. The average molecular weight is 532 g/mol. The predicted molar refractivity (Wildman–Crippen MR) is 148 cm³/mol. The first-order valence-corrected chi connectivity index (χ1v) is 12.9. The van der Waals surface area contributed by atoms with Crippen molar-refractivity contribution in [2.24, 2.45) is 0 Å². The Morgan fingerprint density at radius 1 is 0.947 bits per heavy atom. The number of ether oxygens (including phenoxy) is 2. The molecule has 0 atom stereocenters. The number of nitrogens with zero attached hydrogens (tertiary/aromatic N) is 2. The molecule has 3 aromatic carbocycles. The fourth-order valence-corrected chi connectivity index (χ4v) is 4.74. The van der Waals surface area contributed by atoms with Crippen molar-refractivity contribution < 1.29 is 24.2 Å². The molecule has 0 aliphatic heterocycles. The maximum absolute atomic E-state index is 12.3. The van der Waals surface area contributed by atoms with Gasteiger partial charge >= 0.3 is 5.97 Å². The van der Waals surface area contributed by atoms with Gasteiger partial charge in [0.05, 0.1) is 26.3 Å². The lowest BCUT2D eigenvalue weighted by Crippen LogP contribution is -2.26. The highest BCUT2D eigenvalue weighted by atomic mass is 32.1. The molecule has 4 rings (SSSR count). The summed E-state index contributed by atoms with van der Waals surface area (Å²) in [5, 5.41) is 14.2. The van der Waals surface area contributed by atoms with E-state index in [0.29, 0.717) is 18.7 Å². The lowest BCUT2D eigenvalue weighted by atomic mass is 10.1. The smallest absolute Gasteiger partial charge is 0.305 e. The number of thiazole rings is 1. The highest BCUT2D eigenvalue weighted by Gasteiger charge is 2.17. The lowest BCUT2D eigenvalue weighted by molar-refractivity contribution is -0.136. The van der Waals surface area contributed by atoms with Gasteiger partial charge in [0.25, 0.3) is 5.91 Å². The fourth-order valence-electron chi connectivity index (χ4n) is 3.91. The normalized spacial score (nSPS) is 10.6. The predicted octanol–water partition coefficient (Wildman–Crippen LogP) is 5.24. The molecule has 0 bridgehead atoms. The van der Waals surface area contributed by atoms with Crippen LogP contribution in [0.3, 0.4) is 0 Å². The summed E-state index contributed by atoms with van der Waals surface area (Å²) in [6, 6.07) is 23.1. The Labute approximate surface area is 225 Å². The molecule has 8 nitrogen and oxygen atoms in total. The SMILES string of the molecule is COc1ccc(OC)c(-c2csc(N(Cc3ccccc3)Cc3ccc(C(=O)NCCC(=O)O)cc3)n2)c1. The minimum Gasteiger partial charge on any atom is -0.497 e. The first-order valence-electron chi connectivity index (χ1n) is 12.0. The summed E-state index contributed by atoms with van der Waals surface area (Å²) in [5.74, 6) is 0.197. The van der Waals surface area contributed by atoms with E-state index in [-0.39, 0.29) is 18.9 Å². The summed E-state index contributed by atoms with van der Waals surface area (Å²) in [4.78, 5) is 30.1. The Kier molecular flexibility index (Phi) is 8.94. The molecule has 0 aliphatic carbocycles. The second-order valence-electron chi connectivity index (χ2n) is 8.52. The summed E-state index contributed by atoms with van der Waals surface area (Å²) < 4.78 is 11.0. The van der Waals surface area contributed by atoms with Gasteiger partial charge < -0.3 is 24.8 Å². The van der Waals surface area contributed by atoms with Gasteiger partial charge in [-0.05, 0) is 41.5 Å². The van der Waals surface area contributed by atoms with Crippen LogP contribution in [0, 0.1) is 0 Å². The van der Waals surface area contributed by atoms with Crippen molar-refractivity contribution in [2.45, 2.75) is 19.5 Å². The van der Waals surface area contributed by atoms with E-state index in [9.17, 15) is 9.59 Å². The van der Waals surface area contributed by atoms with E-state index in [2.05, 4.69) is 22.3 Å². The molecule has 0 radical (unpaired) electrons. The monoisotopic (exact) mass is 531 g/mol. The first-order chi connectivity index (χ1) is 18.5. The lowest BCUT2D eigenvalue weighted by Gasteiger charge is -2.22. The Morgan fingerprint density at radius 2 is 1.66 bits per heavy atom. The Morgan fingerprint density at radius 3 is 2.32 bits per heavy atom. The number of carboxylic acid groups (broad SMARTS) is 1. The number of amides is 1. The van der Waals surface area contributed by atoms with Crippen molar-refractivity contribution in [3.63, 3.8) is 0 Å². The first kappa shape index (κ1) is 26.7. The number of carbonyl (C=O) groups is 2. The van der Waals surface area contributed by atoms with Crippen LogP contribution in [0.1, 0.15) is 27.9 Å². The number of hydrogen-bond acceptors (Lipinski definition) is 7. The third-order valence-electron chi connectivity index (χ3n) is 5.88. The van der Waals surface area contributed by atoms with Crippen molar-refractivity contribution in [3.8, 4) is 22.8 Å². The molecule has 196 valence electrons. The van der Waals surface area contributed by atoms with Gasteiger partial charge in [0.2, 0.25) is 0 Å². The molecule has 1 amide bonds. The van der Waals surface area contributed by atoms with E-state index >= 15 is 0 Å². The zero-order chi connectivity index (χ0) is 26.9. The van der Waals surface area contributed by atoms with Gasteiger partial charge in [-0.2, -0.15) is 0 Å². The van der Waals surface area contributed by atoms with Gasteiger partial charge in [-0.15, -0.1) is 11.3 Å². The van der Waals surface area contributed by atoms with E-state index < -0.39 is 5.97 Å². The molecule has 0 aliphatic rings. The molecular weight excluding hydrogens is 502 g/mol. The number of rotatable bonds is 12. The molecule has 0 spiro atoms. The van der Waals surface area contributed by atoms with Gasteiger partial charge in [0, 0.05) is 36.1 Å². The van der Waals surface area contributed by atoms with Crippen LogP contribution < -0.4 is 19.7 Å². The van der Waals surface area contributed by atoms with Crippen LogP contribution in [-0.4, -0.2) is 42.7 Å². The molecule has 2 N–H and O–H groups in total. The molecule has 9 heteroatoms. The summed E-state index contributed by atoms with van der Waals surface area (Å²) >= 11 is 1.55. The molecule has 0 saturated carbocycles. The topological polar surface area (TPSA) is 101 Å². The second kappa shape index (κ2) is 12.7. The van der Waals surface area contributed by atoms with E-state index in [0.717, 1.165) is 39.0 Å². The Bertz CT molecular complexity index is 1370. The van der Waals surface area contributed by atoms with Crippen molar-refractivity contribution in [1.29, 1.82) is 0 Å². The van der Waals surface area contributed by atoms with Gasteiger partial charge in [-0.3, -0.25) is 9.59 Å². The van der Waals surface area contributed by atoms with Crippen molar-refractivity contribution in [1.82, 2.24) is 10.3 Å². The molecule has 1 aromatic heterocycles. The number of benzene rings is 3. The van der Waals surface area contributed by atoms with E-state index in [1.165, 1.54) is 0 Å². The maximum Gasteiger partial charge on any atom is 0.305 e. The van der Waals surface area contributed by atoms with Gasteiger partial charge in [0.1, 0.15) is 11.5 Å². The quantitative estimate of drug-likeness (QED) is 0.258. The Balaban J connectivity index is 1.56. The molecule has 38 heavy (non-hydrogen) atoms. The van der Waals surface area contributed by atoms with Crippen LogP contribution in [0.5, 0.6) is 11.5 Å². The van der Waals surface area contributed by atoms with Gasteiger partial charge in [-0.1, -0.05) is 42.5 Å². The molecule has 0 unspecified atom stereocenters. The summed E-state index contributed by atoms with van der Waals surface area (Å²) in [7, 11) is 3.26. The van der Waals surface area contributed by atoms with Gasteiger partial charge in [0.15, 0.2) is 5.13 Å². The summed E-state index contributed by atoms with van der Waals surface area (Å²) in [6.07, 6.45) is -0.115. The number of carbonyl (C=O) groups excluding carboxylic acids is 1. The number of anilines is 1. The minimum absolute atomic E-state index is 0.0885. The van der Waals surface area contributed by atoms with Crippen LogP contribution in [0.2, 0.25) is 0 Å². The minimum atomic E-state index is -0.950. The zero-order valence-corrected chi connectivity index (χ0v) is 22.0. The van der Waals surface area contributed by atoms with E-state index in [4.69, 9.17) is 19.6 Å². The number of carboxylic acids is 1. The molecular formula is C29H29N3O5S. The number of methoxy groups -OCH3 is 2. The highest BCUT2D eigenvalue weighted by molar-refractivity contribution is 7.14. The Hall–Kier alpha value is -4.37. The van der Waals surface area contributed by atoms with Crippen molar-refractivity contribution in [3.05, 3.63) is 94.9 Å². The zero-order valence-electron chi connectivity index (χ0n) is 21.2. The molecule has 4 aromatic rings. The molecule has 0 fully saturated rings. The van der Waals surface area contributed by atoms with Gasteiger partial charge in [-0.25, -0.2) is 4.98 Å². The van der Waals surface area contributed by atoms with Crippen LogP contribution >= 0.6 is 11.3 Å². The van der Waals surface area contributed by atoms with E-state index in [1.807, 2.05) is 53.9 Å². The number of aliphatic carboxylic acids is 1. The number of nitrogens with one attached hydrogen (secondary N) is 1. The average Bonchev–Trinajstić information content (AvgIpc) is 3.43. The van der Waals surface area contributed by atoms with E-state index in [1.54, 1.807) is 37.7 Å². The third-order valence-corrected chi connectivity index (χ3v) is 6.78. The molecule has 0 saturated heterocycles. The fraction of sp³-hybridized carbons (Fsp3) is 0.207. The summed E-state index contributed by atoms with van der Waals surface area (Å²) in [5.41, 5.74) is 4.30. The standard InChI is InChI=1S/C29H29N3O5S/c1-36-23-12-13-26(37-2)24(16-23)25-19-38-29(31-25)32(17-20-6-4-3-5-7-20)18-21-8-10-22(11-9-21)28(35)30-15-14-27(33)34/h3-13,16,19H,14-15,17-18H2,1-2H3,(H,30,35)(H,33,34). The van der Waals surface area contributed by atoms with Crippen molar-refractivity contribution >= 4 is 28.3 Å². The largest absolute Gasteiger partial charge is 0.497 e. The van der Waals surface area contributed by atoms with Crippen LogP contribution in [0.25, 0.3) is 11.3 Å². The second-order valence-corrected chi connectivity index (χ2v) is 9.36. The number of aromatic nitrogens is 1.